The van der Waals surface area contributed by atoms with Crippen molar-refractivity contribution in [2.75, 3.05) is 19.7 Å². The SMILES string of the molecule is Cc1ccc(C[C@@H]2CCCN2C[C@@H](O)CO[C@@H](c2ccccc2CCC(=O)O)C2CC2)cc1F. The molecule has 2 fully saturated rings. The number of aliphatic carboxylic acids is 1. The van der Waals surface area contributed by atoms with Crippen LogP contribution in [0, 0.1) is 18.7 Å². The summed E-state index contributed by atoms with van der Waals surface area (Å²) in [5.74, 6) is -0.540. The van der Waals surface area contributed by atoms with E-state index in [1.165, 1.54) is 0 Å². The van der Waals surface area contributed by atoms with Gasteiger partial charge in [-0.1, -0.05) is 36.4 Å². The third-order valence-electron chi connectivity index (χ3n) is 7.14. The first-order valence-electron chi connectivity index (χ1n) is 12.5. The number of hydrogen-bond acceptors (Lipinski definition) is 4. The summed E-state index contributed by atoms with van der Waals surface area (Å²) in [6.45, 7) is 3.49. The van der Waals surface area contributed by atoms with Crippen molar-refractivity contribution in [3.8, 4) is 0 Å². The number of β-amino-alcohol motifs (C(OH)–C–C–N with tert-alkyl or cyclic N) is 1. The number of benzene rings is 2. The molecule has 5 nitrogen and oxygen atoms in total. The Hall–Kier alpha value is -2.28. The molecule has 0 radical (unpaired) electrons. The van der Waals surface area contributed by atoms with Gasteiger partial charge in [0.25, 0.3) is 0 Å². The number of rotatable bonds is 12. The van der Waals surface area contributed by atoms with Gasteiger partial charge < -0.3 is 14.9 Å². The summed E-state index contributed by atoms with van der Waals surface area (Å²) in [6, 6.07) is 13.7. The highest BCUT2D eigenvalue weighted by atomic mass is 19.1. The summed E-state index contributed by atoms with van der Waals surface area (Å²) >= 11 is 0. The summed E-state index contributed by atoms with van der Waals surface area (Å²) in [7, 11) is 0. The summed E-state index contributed by atoms with van der Waals surface area (Å²) < 4.78 is 20.2. The van der Waals surface area contributed by atoms with Gasteiger partial charge in [0.05, 0.1) is 18.8 Å². The van der Waals surface area contributed by atoms with Gasteiger partial charge in [-0.05, 0) is 86.2 Å². The molecule has 6 heteroatoms. The Morgan fingerprint density at radius 2 is 2.00 bits per heavy atom. The maximum atomic E-state index is 14.0. The monoisotopic (exact) mass is 469 g/mol. The fourth-order valence-electron chi connectivity index (χ4n) is 5.10. The van der Waals surface area contributed by atoms with Crippen molar-refractivity contribution in [3.63, 3.8) is 0 Å². The minimum atomic E-state index is -0.803. The van der Waals surface area contributed by atoms with E-state index in [0.29, 0.717) is 30.5 Å². The smallest absolute Gasteiger partial charge is 0.303 e. The third kappa shape index (κ3) is 6.65. The van der Waals surface area contributed by atoms with Crippen molar-refractivity contribution >= 4 is 5.97 Å². The summed E-state index contributed by atoms with van der Waals surface area (Å²) in [4.78, 5) is 13.4. The maximum absolute atomic E-state index is 14.0. The lowest BCUT2D eigenvalue weighted by Crippen LogP contribution is -2.39. The van der Waals surface area contributed by atoms with Gasteiger partial charge in [-0.2, -0.15) is 0 Å². The van der Waals surface area contributed by atoms with Crippen molar-refractivity contribution in [3.05, 3.63) is 70.5 Å². The zero-order chi connectivity index (χ0) is 24.1. The van der Waals surface area contributed by atoms with Crippen LogP contribution >= 0.6 is 0 Å². The van der Waals surface area contributed by atoms with Crippen molar-refractivity contribution < 1.29 is 24.1 Å². The molecule has 0 spiro atoms. The molecule has 2 N–H and O–H groups in total. The molecule has 1 aliphatic heterocycles. The summed E-state index contributed by atoms with van der Waals surface area (Å²) in [5.41, 5.74) is 3.73. The minimum absolute atomic E-state index is 0.0955. The average molecular weight is 470 g/mol. The number of carboxylic acid groups (broad SMARTS) is 1. The van der Waals surface area contributed by atoms with Gasteiger partial charge in [0.15, 0.2) is 0 Å². The number of halogens is 1. The van der Waals surface area contributed by atoms with Gasteiger partial charge >= 0.3 is 5.97 Å². The van der Waals surface area contributed by atoms with Crippen LogP contribution in [-0.2, 0) is 22.4 Å². The number of ether oxygens (including phenoxy) is 1. The van der Waals surface area contributed by atoms with E-state index in [1.54, 1.807) is 13.0 Å². The Morgan fingerprint density at radius 1 is 1.21 bits per heavy atom. The first-order chi connectivity index (χ1) is 16.4. The second-order valence-corrected chi connectivity index (χ2v) is 9.92. The Kier molecular flexibility index (Phi) is 8.35. The van der Waals surface area contributed by atoms with E-state index in [9.17, 15) is 14.3 Å². The lowest BCUT2D eigenvalue weighted by molar-refractivity contribution is -0.136. The number of carbonyl (C=O) groups is 1. The normalized spacial score (nSPS) is 20.4. The van der Waals surface area contributed by atoms with Crippen LogP contribution in [0.5, 0.6) is 0 Å². The zero-order valence-corrected chi connectivity index (χ0v) is 20.0. The number of aliphatic hydroxyl groups is 1. The predicted octanol–water partition coefficient (Wildman–Crippen LogP) is 4.69. The van der Waals surface area contributed by atoms with E-state index in [1.807, 2.05) is 36.4 Å². The van der Waals surface area contributed by atoms with Gasteiger partial charge in [0.2, 0.25) is 0 Å². The van der Waals surface area contributed by atoms with Gasteiger partial charge in [-0.3, -0.25) is 9.69 Å². The van der Waals surface area contributed by atoms with E-state index in [2.05, 4.69) is 4.90 Å². The fraction of sp³-hybridized carbons (Fsp3) is 0.536. The van der Waals surface area contributed by atoms with Crippen LogP contribution in [0.25, 0.3) is 0 Å². The van der Waals surface area contributed by atoms with Gasteiger partial charge in [0, 0.05) is 19.0 Å². The average Bonchev–Trinajstić information content (AvgIpc) is 3.56. The Morgan fingerprint density at radius 3 is 2.74 bits per heavy atom. The van der Waals surface area contributed by atoms with Crippen LogP contribution in [-0.4, -0.2) is 52.9 Å². The van der Waals surface area contributed by atoms with Crippen molar-refractivity contribution in [2.24, 2.45) is 5.92 Å². The van der Waals surface area contributed by atoms with E-state index in [4.69, 9.17) is 9.84 Å². The standard InChI is InChI=1S/C28H36FNO4/c1-19-8-9-20(16-26(19)29)15-23-6-4-14-30(23)17-24(31)18-34-28(22-10-11-22)25-7-3-2-5-21(25)12-13-27(32)33/h2-3,5,7-9,16,22-24,28,31H,4,6,10-15,17-18H2,1H3,(H,32,33)/t23-,24+,28+/m0/s1. The highest BCUT2D eigenvalue weighted by Gasteiger charge is 2.35. The molecule has 0 amide bonds. The summed E-state index contributed by atoms with van der Waals surface area (Å²) in [5, 5.41) is 19.9. The van der Waals surface area contributed by atoms with E-state index >= 15 is 0 Å². The largest absolute Gasteiger partial charge is 0.481 e. The number of aryl methyl sites for hydroxylation is 2. The quantitative estimate of drug-likeness (QED) is 0.472. The second-order valence-electron chi connectivity index (χ2n) is 9.92. The van der Waals surface area contributed by atoms with Crippen LogP contribution in [0.2, 0.25) is 0 Å². The van der Waals surface area contributed by atoms with Crippen LogP contribution in [0.3, 0.4) is 0 Å². The zero-order valence-electron chi connectivity index (χ0n) is 20.0. The number of carboxylic acids is 1. The third-order valence-corrected chi connectivity index (χ3v) is 7.14. The molecule has 1 saturated carbocycles. The molecule has 0 aromatic heterocycles. The molecule has 4 rings (SSSR count). The minimum Gasteiger partial charge on any atom is -0.481 e. The van der Waals surface area contributed by atoms with Gasteiger partial charge in [-0.15, -0.1) is 0 Å². The number of nitrogens with zero attached hydrogens (tertiary/aromatic N) is 1. The molecule has 34 heavy (non-hydrogen) atoms. The summed E-state index contributed by atoms with van der Waals surface area (Å²) in [6.07, 6.45) is 4.96. The lowest BCUT2D eigenvalue weighted by Gasteiger charge is -2.28. The molecule has 1 heterocycles. The second kappa shape index (κ2) is 11.4. The van der Waals surface area contributed by atoms with Crippen LogP contribution < -0.4 is 0 Å². The van der Waals surface area contributed by atoms with Gasteiger partial charge in [-0.25, -0.2) is 4.39 Å². The maximum Gasteiger partial charge on any atom is 0.303 e. The first-order valence-corrected chi connectivity index (χ1v) is 12.5. The Bertz CT molecular complexity index is 977. The molecule has 2 aromatic rings. The van der Waals surface area contributed by atoms with Crippen LogP contribution in [0.15, 0.2) is 42.5 Å². The van der Waals surface area contributed by atoms with Crippen LogP contribution in [0.4, 0.5) is 4.39 Å². The van der Waals surface area contributed by atoms with Crippen molar-refractivity contribution in [1.82, 2.24) is 4.90 Å². The molecule has 1 saturated heterocycles. The molecule has 2 aliphatic rings. The van der Waals surface area contributed by atoms with Crippen LogP contribution in [0.1, 0.15) is 60.5 Å². The van der Waals surface area contributed by atoms with Crippen molar-refractivity contribution in [2.45, 2.75) is 70.1 Å². The molecule has 184 valence electrons. The molecule has 1 aliphatic carbocycles. The first kappa shape index (κ1) is 24.8. The Labute approximate surface area is 201 Å². The lowest BCUT2D eigenvalue weighted by atomic mass is 9.96. The molecule has 0 unspecified atom stereocenters. The number of likely N-dealkylation sites (tertiary alicyclic amines) is 1. The molecule has 2 aromatic carbocycles. The Balaban J connectivity index is 1.33. The highest BCUT2D eigenvalue weighted by Crippen LogP contribution is 2.44. The molecule has 3 atom stereocenters. The van der Waals surface area contributed by atoms with Crippen molar-refractivity contribution in [1.29, 1.82) is 0 Å². The van der Waals surface area contributed by atoms with E-state index in [-0.39, 0.29) is 24.9 Å². The number of hydrogen-bond donors (Lipinski definition) is 2. The topological polar surface area (TPSA) is 70.0 Å². The van der Waals surface area contributed by atoms with Gasteiger partial charge in [0.1, 0.15) is 5.82 Å². The predicted molar refractivity (Wildman–Crippen MR) is 129 cm³/mol. The van der Waals surface area contributed by atoms with E-state index in [0.717, 1.165) is 55.3 Å². The number of aliphatic hydroxyl groups excluding tert-OH is 1. The molecular formula is C28H36FNO4. The molecular weight excluding hydrogens is 433 g/mol. The fourth-order valence-corrected chi connectivity index (χ4v) is 5.10. The van der Waals surface area contributed by atoms with E-state index < -0.39 is 12.1 Å². The highest BCUT2D eigenvalue weighted by molar-refractivity contribution is 5.67. The molecule has 0 bridgehead atoms.